The van der Waals surface area contributed by atoms with Crippen LogP contribution in [0.25, 0.3) is 5.65 Å². The van der Waals surface area contributed by atoms with E-state index in [-0.39, 0.29) is 0 Å². The largest absolute Gasteiger partial charge is 0.380 e. The molecule has 90 valence electrons. The van der Waals surface area contributed by atoms with Crippen LogP contribution >= 0.6 is 0 Å². The maximum Gasteiger partial charge on any atom is 0.137 e. The van der Waals surface area contributed by atoms with Gasteiger partial charge in [0.2, 0.25) is 0 Å². The second kappa shape index (κ2) is 4.47. The van der Waals surface area contributed by atoms with E-state index in [1.807, 2.05) is 18.2 Å². The van der Waals surface area contributed by atoms with Crippen LogP contribution in [-0.2, 0) is 11.3 Å². The number of aromatic nitrogens is 2. The van der Waals surface area contributed by atoms with E-state index in [9.17, 15) is 0 Å². The van der Waals surface area contributed by atoms with Gasteiger partial charge in [0.1, 0.15) is 5.65 Å². The predicted molar refractivity (Wildman–Crippen MR) is 66.0 cm³/mol. The maximum absolute atomic E-state index is 5.36. The molecule has 0 radical (unpaired) electrons. The van der Waals surface area contributed by atoms with Gasteiger partial charge in [0.15, 0.2) is 0 Å². The van der Waals surface area contributed by atoms with Gasteiger partial charge in [-0.15, -0.1) is 0 Å². The number of rotatable bonds is 3. The molecule has 4 heteroatoms. The van der Waals surface area contributed by atoms with Crippen LogP contribution in [0, 0.1) is 6.92 Å². The molecule has 2 aromatic rings. The third-order valence-corrected chi connectivity index (χ3v) is 3.32. The summed E-state index contributed by atoms with van der Waals surface area (Å²) in [6.07, 6.45) is 3.17. The zero-order chi connectivity index (χ0) is 11.7. The number of fused-ring (bicyclic) bond motifs is 1. The van der Waals surface area contributed by atoms with Crippen LogP contribution in [0.1, 0.15) is 17.8 Å². The third kappa shape index (κ3) is 2.06. The van der Waals surface area contributed by atoms with Gasteiger partial charge >= 0.3 is 0 Å². The first kappa shape index (κ1) is 10.7. The predicted octanol–water partition coefficient (Wildman–Crippen LogP) is 1.52. The molecule has 0 saturated carbocycles. The number of nitrogens with zero attached hydrogens (tertiary/aromatic N) is 2. The molecule has 0 bridgehead atoms. The summed E-state index contributed by atoms with van der Waals surface area (Å²) in [6, 6.07) is 6.58. The molecule has 4 nitrogen and oxygen atoms in total. The summed E-state index contributed by atoms with van der Waals surface area (Å²) in [7, 11) is 0. The Kier molecular flexibility index (Phi) is 2.82. The van der Waals surface area contributed by atoms with Crippen molar-refractivity contribution in [2.24, 2.45) is 0 Å². The molecule has 1 unspecified atom stereocenters. The zero-order valence-corrected chi connectivity index (χ0v) is 10.0. The number of nitrogens with one attached hydrogen (secondary N) is 1. The Balaban J connectivity index is 1.81. The van der Waals surface area contributed by atoms with Crippen molar-refractivity contribution in [1.29, 1.82) is 0 Å². The van der Waals surface area contributed by atoms with E-state index in [4.69, 9.17) is 4.74 Å². The number of hydrogen-bond donors (Lipinski definition) is 1. The minimum absolute atomic E-state index is 0.490. The third-order valence-electron chi connectivity index (χ3n) is 3.32. The van der Waals surface area contributed by atoms with Crippen molar-refractivity contribution in [2.75, 3.05) is 13.2 Å². The van der Waals surface area contributed by atoms with E-state index in [0.29, 0.717) is 6.04 Å². The van der Waals surface area contributed by atoms with Crippen molar-refractivity contribution >= 4 is 5.65 Å². The van der Waals surface area contributed by atoms with Gasteiger partial charge in [0, 0.05) is 25.4 Å². The Morgan fingerprint density at radius 3 is 3.29 bits per heavy atom. The SMILES string of the molecule is Cc1nc2ccccn2c1CNC1CCOC1. The van der Waals surface area contributed by atoms with E-state index in [1.165, 1.54) is 5.69 Å². The molecule has 0 amide bonds. The number of pyridine rings is 1. The minimum atomic E-state index is 0.490. The van der Waals surface area contributed by atoms with Crippen LogP contribution in [-0.4, -0.2) is 28.6 Å². The van der Waals surface area contributed by atoms with Gasteiger partial charge in [-0.2, -0.15) is 0 Å². The summed E-state index contributed by atoms with van der Waals surface area (Å²) in [6.45, 7) is 4.62. The number of hydrogen-bond acceptors (Lipinski definition) is 3. The summed E-state index contributed by atoms with van der Waals surface area (Å²) in [4.78, 5) is 4.55. The van der Waals surface area contributed by atoms with Gasteiger partial charge in [-0.3, -0.25) is 0 Å². The Hall–Kier alpha value is -1.39. The van der Waals surface area contributed by atoms with Crippen LogP contribution < -0.4 is 5.32 Å². The number of aryl methyl sites for hydroxylation is 1. The highest BCUT2D eigenvalue weighted by Gasteiger charge is 2.16. The molecule has 17 heavy (non-hydrogen) atoms. The van der Waals surface area contributed by atoms with Crippen molar-refractivity contribution in [3.05, 3.63) is 35.8 Å². The molecule has 0 spiro atoms. The molecule has 1 aliphatic rings. The molecule has 1 atom stereocenters. The molecule has 1 N–H and O–H groups in total. The fraction of sp³-hybridized carbons (Fsp3) is 0.462. The first-order valence-electron chi connectivity index (χ1n) is 6.08. The highest BCUT2D eigenvalue weighted by atomic mass is 16.5. The van der Waals surface area contributed by atoms with Crippen LogP contribution in [0.5, 0.6) is 0 Å². The average Bonchev–Trinajstić information content (AvgIpc) is 2.93. The lowest BCUT2D eigenvalue weighted by Gasteiger charge is -2.10. The molecule has 3 heterocycles. The maximum atomic E-state index is 5.36. The van der Waals surface area contributed by atoms with Gasteiger partial charge < -0.3 is 14.5 Å². The Labute approximate surface area is 101 Å². The topological polar surface area (TPSA) is 38.6 Å². The van der Waals surface area contributed by atoms with Crippen molar-refractivity contribution < 1.29 is 4.74 Å². The van der Waals surface area contributed by atoms with Gasteiger partial charge in [-0.05, 0) is 25.5 Å². The fourth-order valence-corrected chi connectivity index (χ4v) is 2.31. The van der Waals surface area contributed by atoms with E-state index < -0.39 is 0 Å². The van der Waals surface area contributed by atoms with Crippen molar-refractivity contribution in [1.82, 2.24) is 14.7 Å². The lowest BCUT2D eigenvalue weighted by atomic mass is 10.2. The lowest BCUT2D eigenvalue weighted by Crippen LogP contribution is -2.29. The van der Waals surface area contributed by atoms with Gasteiger partial charge in [0.05, 0.1) is 18.0 Å². The summed E-state index contributed by atoms with van der Waals surface area (Å²) < 4.78 is 7.51. The van der Waals surface area contributed by atoms with Crippen molar-refractivity contribution in [3.63, 3.8) is 0 Å². The Morgan fingerprint density at radius 1 is 1.53 bits per heavy atom. The minimum Gasteiger partial charge on any atom is -0.380 e. The van der Waals surface area contributed by atoms with E-state index in [0.717, 1.165) is 37.5 Å². The highest BCUT2D eigenvalue weighted by Crippen LogP contribution is 2.12. The quantitative estimate of drug-likeness (QED) is 0.870. The molecular weight excluding hydrogens is 214 g/mol. The van der Waals surface area contributed by atoms with E-state index >= 15 is 0 Å². The first-order chi connectivity index (χ1) is 8.34. The molecule has 3 rings (SSSR count). The van der Waals surface area contributed by atoms with Crippen molar-refractivity contribution in [3.8, 4) is 0 Å². The second-order valence-corrected chi connectivity index (χ2v) is 4.51. The van der Waals surface area contributed by atoms with Crippen molar-refractivity contribution in [2.45, 2.75) is 25.9 Å². The monoisotopic (exact) mass is 231 g/mol. The smallest absolute Gasteiger partial charge is 0.137 e. The summed E-state index contributed by atoms with van der Waals surface area (Å²) in [5, 5.41) is 3.53. The highest BCUT2D eigenvalue weighted by molar-refractivity contribution is 5.42. The fourth-order valence-electron chi connectivity index (χ4n) is 2.31. The van der Waals surface area contributed by atoms with E-state index in [2.05, 4.69) is 27.8 Å². The first-order valence-corrected chi connectivity index (χ1v) is 6.08. The zero-order valence-electron chi connectivity index (χ0n) is 10.0. The molecular formula is C13H17N3O. The average molecular weight is 231 g/mol. The lowest BCUT2D eigenvalue weighted by molar-refractivity contribution is 0.189. The van der Waals surface area contributed by atoms with Gasteiger partial charge in [-0.25, -0.2) is 4.98 Å². The molecule has 0 aliphatic carbocycles. The summed E-state index contributed by atoms with van der Waals surface area (Å²) in [5.41, 5.74) is 3.36. The molecule has 2 aromatic heterocycles. The van der Waals surface area contributed by atoms with Crippen LogP contribution in [0.2, 0.25) is 0 Å². The Bertz CT molecular complexity index is 514. The van der Waals surface area contributed by atoms with Gasteiger partial charge in [-0.1, -0.05) is 6.07 Å². The molecule has 1 fully saturated rings. The molecule has 1 aliphatic heterocycles. The molecule has 0 aromatic carbocycles. The number of imidazole rings is 1. The Morgan fingerprint density at radius 2 is 2.47 bits per heavy atom. The second-order valence-electron chi connectivity index (χ2n) is 4.51. The molecule has 1 saturated heterocycles. The summed E-state index contributed by atoms with van der Waals surface area (Å²) >= 11 is 0. The normalized spacial score (nSPS) is 20.2. The van der Waals surface area contributed by atoms with Crippen LogP contribution in [0.15, 0.2) is 24.4 Å². The van der Waals surface area contributed by atoms with Gasteiger partial charge in [0.25, 0.3) is 0 Å². The standard InChI is InChI=1S/C13H17N3O/c1-10-12(8-14-11-5-7-17-9-11)16-6-3-2-4-13(16)15-10/h2-4,6,11,14H,5,7-9H2,1H3. The van der Waals surface area contributed by atoms with E-state index in [1.54, 1.807) is 0 Å². The van der Waals surface area contributed by atoms with Crippen LogP contribution in [0.4, 0.5) is 0 Å². The summed E-state index contributed by atoms with van der Waals surface area (Å²) in [5.74, 6) is 0. The van der Waals surface area contributed by atoms with Crippen LogP contribution in [0.3, 0.4) is 0 Å². The number of ether oxygens (including phenoxy) is 1.